The van der Waals surface area contributed by atoms with E-state index < -0.39 is 0 Å². The van der Waals surface area contributed by atoms with E-state index in [0.29, 0.717) is 18.0 Å². The van der Waals surface area contributed by atoms with Crippen LogP contribution in [0, 0.1) is 5.92 Å². The quantitative estimate of drug-likeness (QED) is 0.764. The van der Waals surface area contributed by atoms with Gasteiger partial charge in [0.2, 0.25) is 0 Å². The van der Waals surface area contributed by atoms with Crippen LogP contribution in [0.15, 0.2) is 30.3 Å². The number of carbonyl (C=O) groups excluding carboxylic acids is 1. The molecule has 0 aliphatic carbocycles. The summed E-state index contributed by atoms with van der Waals surface area (Å²) in [5.74, 6) is 0.240. The lowest BCUT2D eigenvalue weighted by atomic mass is 9.76. The summed E-state index contributed by atoms with van der Waals surface area (Å²) in [5.41, 5.74) is 1.28. The summed E-state index contributed by atoms with van der Waals surface area (Å²) in [6.07, 6.45) is 3.39. The zero-order valence-corrected chi connectivity index (χ0v) is 11.6. The Labute approximate surface area is 114 Å². The number of ether oxygens (including phenoxy) is 1. The van der Waals surface area contributed by atoms with Gasteiger partial charge in [0.25, 0.3) is 0 Å². The summed E-state index contributed by atoms with van der Waals surface area (Å²) in [6, 6.07) is 11.4. The van der Waals surface area contributed by atoms with Crippen molar-refractivity contribution in [3.63, 3.8) is 0 Å². The zero-order chi connectivity index (χ0) is 13.4. The third-order valence-electron chi connectivity index (χ3n) is 4.97. The van der Waals surface area contributed by atoms with E-state index >= 15 is 0 Å². The normalized spacial score (nSPS) is 34.2. The number of methoxy groups -OCH3 is 1. The second-order valence-electron chi connectivity index (χ2n) is 5.77. The highest BCUT2D eigenvalue weighted by atomic mass is 16.5. The molecule has 2 fully saturated rings. The number of nitrogens with zero attached hydrogens (tertiary/aromatic N) is 1. The fraction of sp³-hybridized carbons (Fsp3) is 0.562. The molecule has 4 atom stereocenters. The maximum atomic E-state index is 12.2. The molecule has 2 bridgehead atoms. The molecule has 0 aromatic heterocycles. The number of piperidine rings is 1. The highest BCUT2D eigenvalue weighted by Crippen LogP contribution is 2.46. The molecule has 0 spiro atoms. The predicted molar refractivity (Wildman–Crippen MR) is 73.9 cm³/mol. The van der Waals surface area contributed by atoms with Crippen molar-refractivity contribution >= 4 is 5.97 Å². The Kier molecular flexibility index (Phi) is 3.31. The summed E-state index contributed by atoms with van der Waals surface area (Å²) >= 11 is 0. The minimum atomic E-state index is -0.0500. The van der Waals surface area contributed by atoms with Crippen molar-refractivity contribution in [2.75, 3.05) is 14.2 Å². The average Bonchev–Trinajstić information content (AvgIpc) is 2.70. The Morgan fingerprint density at radius 1 is 1.26 bits per heavy atom. The van der Waals surface area contributed by atoms with E-state index in [1.54, 1.807) is 0 Å². The first kappa shape index (κ1) is 12.7. The minimum absolute atomic E-state index is 0.0175. The van der Waals surface area contributed by atoms with E-state index in [0.717, 1.165) is 12.8 Å². The Hall–Kier alpha value is -1.35. The van der Waals surface area contributed by atoms with Crippen LogP contribution in [0.2, 0.25) is 0 Å². The molecule has 2 unspecified atom stereocenters. The van der Waals surface area contributed by atoms with Crippen molar-refractivity contribution in [2.24, 2.45) is 5.92 Å². The van der Waals surface area contributed by atoms with E-state index in [4.69, 9.17) is 4.74 Å². The number of hydrogen-bond acceptors (Lipinski definition) is 3. The summed E-state index contributed by atoms with van der Waals surface area (Å²) in [4.78, 5) is 14.6. The van der Waals surface area contributed by atoms with Crippen LogP contribution < -0.4 is 0 Å². The third-order valence-corrected chi connectivity index (χ3v) is 4.97. The van der Waals surface area contributed by atoms with Crippen LogP contribution in [0.3, 0.4) is 0 Å². The van der Waals surface area contributed by atoms with Crippen molar-refractivity contribution in [3.05, 3.63) is 35.9 Å². The van der Waals surface area contributed by atoms with Gasteiger partial charge in [-0.3, -0.25) is 9.69 Å². The van der Waals surface area contributed by atoms with Gasteiger partial charge in [-0.25, -0.2) is 0 Å². The SMILES string of the molecule is COC(=O)[C@@H]1C2CCC(C[C@@H]1c1ccccc1)N2C. The van der Waals surface area contributed by atoms with Gasteiger partial charge in [0.05, 0.1) is 13.0 Å². The van der Waals surface area contributed by atoms with Gasteiger partial charge in [0.1, 0.15) is 0 Å². The summed E-state index contributed by atoms with van der Waals surface area (Å²) in [7, 11) is 3.66. The summed E-state index contributed by atoms with van der Waals surface area (Å²) in [5, 5.41) is 0. The van der Waals surface area contributed by atoms with E-state index in [-0.39, 0.29) is 11.9 Å². The molecule has 2 saturated heterocycles. The number of rotatable bonds is 2. The first-order valence-electron chi connectivity index (χ1n) is 7.07. The Morgan fingerprint density at radius 2 is 2.00 bits per heavy atom. The van der Waals surface area contributed by atoms with Crippen molar-refractivity contribution in [3.8, 4) is 0 Å². The van der Waals surface area contributed by atoms with Gasteiger partial charge in [-0.2, -0.15) is 0 Å². The van der Waals surface area contributed by atoms with Crippen LogP contribution in [-0.2, 0) is 9.53 Å². The topological polar surface area (TPSA) is 29.5 Å². The van der Waals surface area contributed by atoms with Crippen LogP contribution >= 0.6 is 0 Å². The predicted octanol–water partition coefficient (Wildman–Crippen LogP) is 2.43. The summed E-state index contributed by atoms with van der Waals surface area (Å²) < 4.78 is 5.07. The Balaban J connectivity index is 1.96. The molecular formula is C16H21NO2. The molecule has 0 saturated carbocycles. The third kappa shape index (κ3) is 2.06. The molecule has 3 nitrogen and oxygen atoms in total. The van der Waals surface area contributed by atoms with Crippen LogP contribution in [0.4, 0.5) is 0 Å². The van der Waals surface area contributed by atoms with Gasteiger partial charge in [0, 0.05) is 18.0 Å². The molecule has 3 rings (SSSR count). The molecule has 3 heteroatoms. The highest BCUT2D eigenvalue weighted by molar-refractivity contribution is 5.75. The van der Waals surface area contributed by atoms with E-state index in [2.05, 4.69) is 36.2 Å². The second-order valence-corrected chi connectivity index (χ2v) is 5.77. The lowest BCUT2D eigenvalue weighted by Gasteiger charge is -2.41. The van der Waals surface area contributed by atoms with Crippen LogP contribution in [0.1, 0.15) is 30.7 Å². The smallest absolute Gasteiger partial charge is 0.310 e. The number of carbonyl (C=O) groups is 1. The van der Waals surface area contributed by atoms with Gasteiger partial charge in [0.15, 0.2) is 0 Å². The van der Waals surface area contributed by atoms with Gasteiger partial charge in [-0.1, -0.05) is 30.3 Å². The van der Waals surface area contributed by atoms with E-state index in [9.17, 15) is 4.79 Å². The van der Waals surface area contributed by atoms with Crippen molar-refractivity contribution < 1.29 is 9.53 Å². The number of benzene rings is 1. The standard InChI is InChI=1S/C16H21NO2/c1-17-12-8-9-14(17)15(16(18)19-2)13(10-12)11-6-4-3-5-7-11/h3-7,12-15H,8-10H2,1-2H3/t12?,13-,14?,15+/m1/s1. The molecular weight excluding hydrogens is 238 g/mol. The fourth-order valence-electron chi connectivity index (χ4n) is 3.97. The zero-order valence-electron chi connectivity index (χ0n) is 11.6. The number of hydrogen-bond donors (Lipinski definition) is 0. The lowest BCUT2D eigenvalue weighted by Crippen LogP contribution is -2.49. The maximum Gasteiger partial charge on any atom is 0.310 e. The molecule has 2 heterocycles. The van der Waals surface area contributed by atoms with Gasteiger partial charge >= 0.3 is 5.97 Å². The second kappa shape index (κ2) is 4.97. The molecule has 19 heavy (non-hydrogen) atoms. The summed E-state index contributed by atoms with van der Waals surface area (Å²) in [6.45, 7) is 0. The molecule has 1 aromatic carbocycles. The van der Waals surface area contributed by atoms with Gasteiger partial charge in [-0.15, -0.1) is 0 Å². The molecule has 0 amide bonds. The van der Waals surface area contributed by atoms with Gasteiger partial charge in [-0.05, 0) is 31.9 Å². The maximum absolute atomic E-state index is 12.2. The molecule has 0 N–H and O–H groups in total. The van der Waals surface area contributed by atoms with Crippen molar-refractivity contribution in [1.29, 1.82) is 0 Å². The van der Waals surface area contributed by atoms with Crippen molar-refractivity contribution in [2.45, 2.75) is 37.3 Å². The lowest BCUT2D eigenvalue weighted by molar-refractivity contribution is -0.150. The van der Waals surface area contributed by atoms with Crippen LogP contribution in [0.25, 0.3) is 0 Å². The molecule has 102 valence electrons. The highest BCUT2D eigenvalue weighted by Gasteiger charge is 2.49. The molecule has 2 aliphatic heterocycles. The average molecular weight is 259 g/mol. The molecule has 1 aromatic rings. The van der Waals surface area contributed by atoms with Crippen LogP contribution in [-0.4, -0.2) is 37.1 Å². The number of esters is 1. The Morgan fingerprint density at radius 3 is 2.68 bits per heavy atom. The fourth-order valence-corrected chi connectivity index (χ4v) is 3.97. The largest absolute Gasteiger partial charge is 0.469 e. The van der Waals surface area contributed by atoms with Gasteiger partial charge < -0.3 is 4.74 Å². The molecule has 0 radical (unpaired) electrons. The Bertz CT molecular complexity index is 459. The monoisotopic (exact) mass is 259 g/mol. The van der Waals surface area contributed by atoms with Crippen molar-refractivity contribution in [1.82, 2.24) is 4.90 Å². The molecule has 2 aliphatic rings. The first-order valence-corrected chi connectivity index (χ1v) is 7.07. The first-order chi connectivity index (χ1) is 9.22. The van der Waals surface area contributed by atoms with E-state index in [1.807, 2.05) is 6.07 Å². The minimum Gasteiger partial charge on any atom is -0.469 e. The van der Waals surface area contributed by atoms with E-state index in [1.165, 1.54) is 19.1 Å². The van der Waals surface area contributed by atoms with Crippen LogP contribution in [0.5, 0.6) is 0 Å². The number of fused-ring (bicyclic) bond motifs is 2.